The van der Waals surface area contributed by atoms with Gasteiger partial charge in [0.25, 0.3) is 0 Å². The first-order valence-corrected chi connectivity index (χ1v) is 9.67. The molecule has 4 rings (SSSR count). The third-order valence-electron chi connectivity index (χ3n) is 5.62. The van der Waals surface area contributed by atoms with Gasteiger partial charge in [-0.2, -0.15) is 0 Å². The predicted octanol–water partition coefficient (Wildman–Crippen LogP) is 4.36. The van der Waals surface area contributed by atoms with Crippen LogP contribution in [0.2, 0.25) is 0 Å². The minimum absolute atomic E-state index is 0.535. The first-order valence-electron chi connectivity index (χ1n) is 9.67. The van der Waals surface area contributed by atoms with Gasteiger partial charge in [-0.1, -0.05) is 36.4 Å². The van der Waals surface area contributed by atoms with E-state index in [4.69, 9.17) is 0 Å². The molecule has 0 aromatic heterocycles. The molecule has 0 aliphatic carbocycles. The van der Waals surface area contributed by atoms with Crippen molar-refractivity contribution in [1.82, 2.24) is 4.90 Å². The molecule has 0 saturated carbocycles. The average molecular weight is 335 g/mol. The lowest BCUT2D eigenvalue weighted by atomic mass is 10.1. The van der Waals surface area contributed by atoms with E-state index in [-0.39, 0.29) is 0 Å². The maximum atomic E-state index is 3.78. The molecule has 2 heterocycles. The third kappa shape index (κ3) is 3.98. The number of rotatable bonds is 5. The summed E-state index contributed by atoms with van der Waals surface area (Å²) in [5.41, 5.74) is 4.05. The van der Waals surface area contributed by atoms with Gasteiger partial charge in [0.2, 0.25) is 0 Å². The highest BCUT2D eigenvalue weighted by atomic mass is 15.2. The van der Waals surface area contributed by atoms with Crippen molar-refractivity contribution in [2.75, 3.05) is 29.9 Å². The van der Waals surface area contributed by atoms with Crippen molar-refractivity contribution >= 4 is 11.4 Å². The molecule has 3 heteroatoms. The summed E-state index contributed by atoms with van der Waals surface area (Å²) in [5.74, 6) is 0. The van der Waals surface area contributed by atoms with Crippen LogP contribution in [0.25, 0.3) is 0 Å². The number of hydrogen-bond donors (Lipinski definition) is 1. The first-order chi connectivity index (χ1) is 12.3. The fourth-order valence-electron chi connectivity index (χ4n) is 4.24. The summed E-state index contributed by atoms with van der Waals surface area (Å²) in [6, 6.07) is 21.0. The van der Waals surface area contributed by atoms with Gasteiger partial charge in [0, 0.05) is 49.6 Å². The van der Waals surface area contributed by atoms with Crippen molar-refractivity contribution in [2.45, 2.75) is 44.8 Å². The van der Waals surface area contributed by atoms with E-state index in [0.717, 1.165) is 13.1 Å². The zero-order chi connectivity index (χ0) is 17.1. The van der Waals surface area contributed by atoms with Gasteiger partial charge < -0.3 is 10.2 Å². The molecule has 2 aromatic rings. The minimum atomic E-state index is 0.535. The van der Waals surface area contributed by atoms with Crippen LogP contribution >= 0.6 is 0 Å². The molecule has 0 spiro atoms. The lowest BCUT2D eigenvalue weighted by Gasteiger charge is -2.21. The molecule has 2 aliphatic rings. The molecule has 2 fully saturated rings. The average Bonchev–Trinajstić information content (AvgIpc) is 3.27. The van der Waals surface area contributed by atoms with Crippen LogP contribution in [0.3, 0.4) is 0 Å². The van der Waals surface area contributed by atoms with Crippen LogP contribution in [0.15, 0.2) is 54.6 Å². The summed E-state index contributed by atoms with van der Waals surface area (Å²) in [7, 11) is 0. The molecule has 2 aromatic carbocycles. The maximum absolute atomic E-state index is 3.78. The highest BCUT2D eigenvalue weighted by Gasteiger charge is 2.28. The van der Waals surface area contributed by atoms with Crippen LogP contribution in [0.1, 0.15) is 31.7 Å². The molecule has 2 aliphatic heterocycles. The second-order valence-corrected chi connectivity index (χ2v) is 7.59. The Balaban J connectivity index is 1.38. The minimum Gasteiger partial charge on any atom is -0.381 e. The van der Waals surface area contributed by atoms with E-state index in [0.29, 0.717) is 12.1 Å². The lowest BCUT2D eigenvalue weighted by Crippen LogP contribution is -2.28. The normalized spacial score (nSPS) is 24.0. The standard InChI is InChI=1S/C22H29N3/c1-18-14-21(17-25(18)16-19-8-3-2-4-9-19)23-20-10-7-11-22(15-20)24-12-5-6-13-24/h2-4,7-11,15,18,21,23H,5-6,12-14,16-17H2,1H3. The monoisotopic (exact) mass is 335 g/mol. The Morgan fingerprint density at radius 1 is 1.00 bits per heavy atom. The molecule has 0 radical (unpaired) electrons. The first kappa shape index (κ1) is 16.5. The number of nitrogens with one attached hydrogen (secondary N) is 1. The van der Waals surface area contributed by atoms with E-state index >= 15 is 0 Å². The van der Waals surface area contributed by atoms with E-state index in [1.165, 1.54) is 49.3 Å². The smallest absolute Gasteiger partial charge is 0.0403 e. The number of nitrogens with zero attached hydrogens (tertiary/aromatic N) is 2. The van der Waals surface area contributed by atoms with Crippen LogP contribution in [0, 0.1) is 0 Å². The fourth-order valence-corrected chi connectivity index (χ4v) is 4.24. The molecular weight excluding hydrogens is 306 g/mol. The van der Waals surface area contributed by atoms with Gasteiger partial charge in [-0.3, -0.25) is 4.90 Å². The molecule has 0 amide bonds. The second-order valence-electron chi connectivity index (χ2n) is 7.59. The Hall–Kier alpha value is -2.00. The van der Waals surface area contributed by atoms with Crippen LogP contribution in [0.4, 0.5) is 11.4 Å². The summed E-state index contributed by atoms with van der Waals surface area (Å²) >= 11 is 0. The number of anilines is 2. The fraction of sp³-hybridized carbons (Fsp3) is 0.455. The van der Waals surface area contributed by atoms with E-state index in [9.17, 15) is 0 Å². The number of hydrogen-bond acceptors (Lipinski definition) is 3. The molecule has 2 saturated heterocycles. The number of likely N-dealkylation sites (tertiary alicyclic amines) is 1. The largest absolute Gasteiger partial charge is 0.381 e. The van der Waals surface area contributed by atoms with Crippen LogP contribution < -0.4 is 10.2 Å². The summed E-state index contributed by atoms with van der Waals surface area (Å²) < 4.78 is 0. The van der Waals surface area contributed by atoms with E-state index in [1.807, 2.05) is 0 Å². The summed E-state index contributed by atoms with van der Waals surface area (Å²) in [5, 5.41) is 3.78. The van der Waals surface area contributed by atoms with Gasteiger partial charge in [-0.05, 0) is 49.9 Å². The summed E-state index contributed by atoms with van der Waals surface area (Å²) in [6.45, 7) is 6.92. The molecule has 25 heavy (non-hydrogen) atoms. The molecule has 132 valence electrons. The van der Waals surface area contributed by atoms with Crippen LogP contribution in [-0.2, 0) is 6.54 Å². The van der Waals surface area contributed by atoms with Gasteiger partial charge in [-0.25, -0.2) is 0 Å². The van der Waals surface area contributed by atoms with Crippen LogP contribution in [-0.4, -0.2) is 36.6 Å². The van der Waals surface area contributed by atoms with E-state index in [2.05, 4.69) is 76.6 Å². The maximum Gasteiger partial charge on any atom is 0.0403 e. The van der Waals surface area contributed by atoms with Crippen molar-refractivity contribution in [3.63, 3.8) is 0 Å². The Kier molecular flexibility index (Phi) is 4.93. The summed E-state index contributed by atoms with van der Waals surface area (Å²) in [6.07, 6.45) is 3.86. The van der Waals surface area contributed by atoms with Gasteiger partial charge in [0.1, 0.15) is 0 Å². The zero-order valence-electron chi connectivity index (χ0n) is 15.2. The molecule has 3 nitrogen and oxygen atoms in total. The molecular formula is C22H29N3. The Labute approximate surface area is 151 Å². The van der Waals surface area contributed by atoms with Crippen molar-refractivity contribution in [1.29, 1.82) is 0 Å². The highest BCUT2D eigenvalue weighted by Crippen LogP contribution is 2.27. The van der Waals surface area contributed by atoms with Gasteiger partial charge in [0.05, 0.1) is 0 Å². The third-order valence-corrected chi connectivity index (χ3v) is 5.62. The Morgan fingerprint density at radius 2 is 1.80 bits per heavy atom. The highest BCUT2D eigenvalue weighted by molar-refractivity contribution is 5.59. The molecule has 2 atom stereocenters. The van der Waals surface area contributed by atoms with Crippen molar-refractivity contribution in [3.05, 3.63) is 60.2 Å². The summed E-state index contributed by atoms with van der Waals surface area (Å²) in [4.78, 5) is 5.10. The predicted molar refractivity (Wildman–Crippen MR) is 106 cm³/mol. The number of benzene rings is 2. The van der Waals surface area contributed by atoms with Gasteiger partial charge in [0.15, 0.2) is 0 Å². The zero-order valence-corrected chi connectivity index (χ0v) is 15.2. The topological polar surface area (TPSA) is 18.5 Å². The van der Waals surface area contributed by atoms with E-state index < -0.39 is 0 Å². The van der Waals surface area contributed by atoms with Crippen molar-refractivity contribution in [3.8, 4) is 0 Å². The molecule has 0 bridgehead atoms. The lowest BCUT2D eigenvalue weighted by molar-refractivity contribution is 0.259. The van der Waals surface area contributed by atoms with Crippen molar-refractivity contribution in [2.24, 2.45) is 0 Å². The second kappa shape index (κ2) is 7.49. The Morgan fingerprint density at radius 3 is 2.60 bits per heavy atom. The van der Waals surface area contributed by atoms with E-state index in [1.54, 1.807) is 0 Å². The van der Waals surface area contributed by atoms with Crippen molar-refractivity contribution < 1.29 is 0 Å². The quantitative estimate of drug-likeness (QED) is 0.876. The van der Waals surface area contributed by atoms with Gasteiger partial charge in [-0.15, -0.1) is 0 Å². The SMILES string of the molecule is CC1CC(Nc2cccc(N3CCCC3)c2)CN1Cc1ccccc1. The van der Waals surface area contributed by atoms with Crippen LogP contribution in [0.5, 0.6) is 0 Å². The molecule has 2 unspecified atom stereocenters. The van der Waals surface area contributed by atoms with Gasteiger partial charge >= 0.3 is 0 Å². The molecule has 1 N–H and O–H groups in total. The Bertz CT molecular complexity index is 679.